The van der Waals surface area contributed by atoms with Crippen LogP contribution in [0.1, 0.15) is 35.9 Å². The third-order valence-corrected chi connectivity index (χ3v) is 2.78. The Labute approximate surface area is 110 Å². The molecule has 1 aromatic carbocycles. The summed E-state index contributed by atoms with van der Waals surface area (Å²) in [5.41, 5.74) is 0.815. The highest BCUT2D eigenvalue weighted by atomic mass is 16.5. The van der Waals surface area contributed by atoms with E-state index in [0.717, 1.165) is 5.82 Å². The summed E-state index contributed by atoms with van der Waals surface area (Å²) < 4.78 is 6.81. The standard InChI is InChI=1S/C13H15N3O3/c1-8(2)12-15-14-7-16(12)9-4-5-11(19-3)10(6-9)13(17)18/h4-8H,1-3H3,(H,17,18). The van der Waals surface area contributed by atoms with Crippen molar-refractivity contribution in [1.29, 1.82) is 0 Å². The fourth-order valence-corrected chi connectivity index (χ4v) is 1.85. The molecule has 0 unspecified atom stereocenters. The van der Waals surface area contributed by atoms with E-state index in [-0.39, 0.29) is 11.5 Å². The first kappa shape index (κ1) is 13.1. The molecule has 1 N–H and O–H groups in total. The Kier molecular flexibility index (Phi) is 3.50. The average molecular weight is 261 g/mol. The smallest absolute Gasteiger partial charge is 0.339 e. The highest BCUT2D eigenvalue weighted by Crippen LogP contribution is 2.24. The number of hydrogen-bond acceptors (Lipinski definition) is 4. The normalized spacial score (nSPS) is 10.7. The van der Waals surface area contributed by atoms with E-state index < -0.39 is 5.97 Å². The molecule has 0 aliphatic heterocycles. The first-order valence-electron chi connectivity index (χ1n) is 5.86. The van der Waals surface area contributed by atoms with E-state index in [9.17, 15) is 9.90 Å². The molecule has 0 aliphatic carbocycles. The first-order valence-corrected chi connectivity index (χ1v) is 5.86. The minimum atomic E-state index is -1.03. The Bertz CT molecular complexity index is 605. The quantitative estimate of drug-likeness (QED) is 0.911. The summed E-state index contributed by atoms with van der Waals surface area (Å²) in [6.45, 7) is 4.00. The molecule has 6 heteroatoms. The van der Waals surface area contributed by atoms with Gasteiger partial charge >= 0.3 is 5.97 Å². The zero-order chi connectivity index (χ0) is 14.0. The van der Waals surface area contributed by atoms with Crippen LogP contribution in [0.2, 0.25) is 0 Å². The van der Waals surface area contributed by atoms with Gasteiger partial charge in [0.2, 0.25) is 0 Å². The molecule has 0 spiro atoms. The maximum Gasteiger partial charge on any atom is 0.339 e. The van der Waals surface area contributed by atoms with Crippen LogP contribution in [0.25, 0.3) is 5.69 Å². The fraction of sp³-hybridized carbons (Fsp3) is 0.308. The van der Waals surface area contributed by atoms with Crippen LogP contribution in [-0.2, 0) is 0 Å². The summed E-state index contributed by atoms with van der Waals surface area (Å²) in [5.74, 6) is 0.271. The lowest BCUT2D eigenvalue weighted by molar-refractivity contribution is 0.0693. The second-order valence-electron chi connectivity index (χ2n) is 4.40. The molecule has 0 atom stereocenters. The van der Waals surface area contributed by atoms with Crippen molar-refractivity contribution in [3.8, 4) is 11.4 Å². The molecule has 0 bridgehead atoms. The summed E-state index contributed by atoms with van der Waals surface area (Å²) in [5, 5.41) is 17.1. The molecule has 6 nitrogen and oxygen atoms in total. The number of rotatable bonds is 4. The number of carboxylic acids is 1. The Morgan fingerprint density at radius 3 is 2.74 bits per heavy atom. The van der Waals surface area contributed by atoms with Crippen molar-refractivity contribution in [3.63, 3.8) is 0 Å². The van der Waals surface area contributed by atoms with Crippen molar-refractivity contribution in [1.82, 2.24) is 14.8 Å². The zero-order valence-electron chi connectivity index (χ0n) is 11.0. The lowest BCUT2D eigenvalue weighted by Gasteiger charge is -2.11. The molecule has 0 fully saturated rings. The van der Waals surface area contributed by atoms with Gasteiger partial charge in [0.05, 0.1) is 7.11 Å². The van der Waals surface area contributed by atoms with Crippen LogP contribution in [-0.4, -0.2) is 33.0 Å². The number of aromatic nitrogens is 3. The van der Waals surface area contributed by atoms with Crippen LogP contribution in [0, 0.1) is 0 Å². The van der Waals surface area contributed by atoms with Crippen LogP contribution < -0.4 is 4.74 Å². The molecule has 1 heterocycles. The highest BCUT2D eigenvalue weighted by molar-refractivity contribution is 5.91. The van der Waals surface area contributed by atoms with Gasteiger partial charge in [0.25, 0.3) is 0 Å². The van der Waals surface area contributed by atoms with Gasteiger partial charge < -0.3 is 9.84 Å². The van der Waals surface area contributed by atoms with Gasteiger partial charge in [0, 0.05) is 11.6 Å². The molecule has 19 heavy (non-hydrogen) atoms. The number of nitrogens with zero attached hydrogens (tertiary/aromatic N) is 3. The molecule has 0 radical (unpaired) electrons. The number of carboxylic acid groups (broad SMARTS) is 1. The van der Waals surface area contributed by atoms with Crippen molar-refractivity contribution < 1.29 is 14.6 Å². The average Bonchev–Trinajstić information content (AvgIpc) is 2.87. The van der Waals surface area contributed by atoms with Gasteiger partial charge in [-0.3, -0.25) is 4.57 Å². The first-order chi connectivity index (χ1) is 9.04. The van der Waals surface area contributed by atoms with Crippen LogP contribution in [0.3, 0.4) is 0 Å². The summed E-state index contributed by atoms with van der Waals surface area (Å²) in [7, 11) is 1.44. The maximum absolute atomic E-state index is 11.2. The maximum atomic E-state index is 11.2. The summed E-state index contributed by atoms with van der Waals surface area (Å²) >= 11 is 0. The fourth-order valence-electron chi connectivity index (χ4n) is 1.85. The number of ether oxygens (including phenoxy) is 1. The third kappa shape index (κ3) is 2.42. The third-order valence-electron chi connectivity index (χ3n) is 2.78. The number of benzene rings is 1. The van der Waals surface area contributed by atoms with E-state index in [1.807, 2.05) is 13.8 Å². The molecule has 2 aromatic rings. The molecule has 0 saturated carbocycles. The Hall–Kier alpha value is -2.37. The summed E-state index contributed by atoms with van der Waals surface area (Å²) in [6, 6.07) is 4.96. The molecule has 100 valence electrons. The van der Waals surface area contributed by atoms with Crippen LogP contribution in [0.4, 0.5) is 0 Å². The van der Waals surface area contributed by atoms with Crippen molar-refractivity contribution in [2.45, 2.75) is 19.8 Å². The number of carbonyl (C=O) groups is 1. The molecule has 0 saturated heterocycles. The van der Waals surface area contributed by atoms with Crippen molar-refractivity contribution >= 4 is 5.97 Å². The molecular weight excluding hydrogens is 246 g/mol. The lowest BCUT2D eigenvalue weighted by atomic mass is 10.1. The number of hydrogen-bond donors (Lipinski definition) is 1. The number of aromatic carboxylic acids is 1. The van der Waals surface area contributed by atoms with Gasteiger partial charge in [-0.15, -0.1) is 10.2 Å². The van der Waals surface area contributed by atoms with E-state index in [4.69, 9.17) is 4.74 Å². The molecule has 2 rings (SSSR count). The van der Waals surface area contributed by atoms with Crippen molar-refractivity contribution in [2.24, 2.45) is 0 Å². The van der Waals surface area contributed by atoms with Gasteiger partial charge in [0.1, 0.15) is 23.5 Å². The Balaban J connectivity index is 2.54. The zero-order valence-corrected chi connectivity index (χ0v) is 11.0. The Morgan fingerprint density at radius 1 is 1.42 bits per heavy atom. The second kappa shape index (κ2) is 5.09. The van der Waals surface area contributed by atoms with Gasteiger partial charge in [0.15, 0.2) is 0 Å². The number of methoxy groups -OCH3 is 1. The predicted octanol–water partition coefficient (Wildman–Crippen LogP) is 2.10. The minimum absolute atomic E-state index is 0.114. The molecule has 0 amide bonds. The van der Waals surface area contributed by atoms with E-state index >= 15 is 0 Å². The molecule has 0 aliphatic rings. The molecular formula is C13H15N3O3. The lowest BCUT2D eigenvalue weighted by Crippen LogP contribution is -2.06. The Morgan fingerprint density at radius 2 is 2.16 bits per heavy atom. The van der Waals surface area contributed by atoms with Gasteiger partial charge in [-0.1, -0.05) is 13.8 Å². The van der Waals surface area contributed by atoms with E-state index in [0.29, 0.717) is 11.4 Å². The van der Waals surface area contributed by atoms with Gasteiger partial charge in [-0.2, -0.15) is 0 Å². The van der Waals surface area contributed by atoms with E-state index in [1.54, 1.807) is 29.1 Å². The topological polar surface area (TPSA) is 77.2 Å². The van der Waals surface area contributed by atoms with Gasteiger partial charge in [-0.05, 0) is 18.2 Å². The van der Waals surface area contributed by atoms with Crippen molar-refractivity contribution in [2.75, 3.05) is 7.11 Å². The van der Waals surface area contributed by atoms with E-state index in [2.05, 4.69) is 10.2 Å². The minimum Gasteiger partial charge on any atom is -0.496 e. The predicted molar refractivity (Wildman–Crippen MR) is 69.0 cm³/mol. The molecule has 1 aromatic heterocycles. The van der Waals surface area contributed by atoms with Crippen molar-refractivity contribution in [3.05, 3.63) is 35.9 Å². The summed E-state index contributed by atoms with van der Waals surface area (Å²) in [6.07, 6.45) is 1.57. The summed E-state index contributed by atoms with van der Waals surface area (Å²) in [4.78, 5) is 11.2. The monoisotopic (exact) mass is 261 g/mol. The van der Waals surface area contributed by atoms with Gasteiger partial charge in [-0.25, -0.2) is 4.79 Å². The second-order valence-corrected chi connectivity index (χ2v) is 4.40. The largest absolute Gasteiger partial charge is 0.496 e. The SMILES string of the molecule is COc1ccc(-n2cnnc2C(C)C)cc1C(=O)O. The van der Waals surface area contributed by atoms with E-state index in [1.165, 1.54) is 7.11 Å². The van der Waals surface area contributed by atoms with Crippen LogP contribution >= 0.6 is 0 Å². The van der Waals surface area contributed by atoms with Crippen LogP contribution in [0.5, 0.6) is 5.75 Å². The highest BCUT2D eigenvalue weighted by Gasteiger charge is 2.15. The van der Waals surface area contributed by atoms with Crippen LogP contribution in [0.15, 0.2) is 24.5 Å².